The molecule has 8 heteroatoms. The van der Waals surface area contributed by atoms with Crippen LogP contribution < -0.4 is 10.2 Å². The summed E-state index contributed by atoms with van der Waals surface area (Å²) in [6, 6.07) is 15.4. The van der Waals surface area contributed by atoms with Crippen molar-refractivity contribution in [2.45, 2.75) is 57.9 Å². The van der Waals surface area contributed by atoms with E-state index >= 15 is 0 Å². The van der Waals surface area contributed by atoms with Crippen molar-refractivity contribution in [3.05, 3.63) is 53.6 Å². The van der Waals surface area contributed by atoms with E-state index in [4.69, 9.17) is 5.26 Å². The van der Waals surface area contributed by atoms with E-state index in [2.05, 4.69) is 23.2 Å². The molecule has 182 valence electrons. The van der Waals surface area contributed by atoms with Crippen LogP contribution in [-0.4, -0.2) is 43.6 Å². The van der Waals surface area contributed by atoms with Crippen LogP contribution in [-0.2, 0) is 20.0 Å². The molecule has 34 heavy (non-hydrogen) atoms. The van der Waals surface area contributed by atoms with Gasteiger partial charge >= 0.3 is 5.97 Å². The molecule has 0 unspecified atom stereocenters. The van der Waals surface area contributed by atoms with Gasteiger partial charge in [-0.15, -0.1) is 0 Å². The highest BCUT2D eigenvalue weighted by molar-refractivity contribution is 7.91. The van der Waals surface area contributed by atoms with Crippen molar-refractivity contribution in [3.63, 3.8) is 0 Å². The van der Waals surface area contributed by atoms with Crippen molar-refractivity contribution in [1.29, 1.82) is 5.26 Å². The Morgan fingerprint density at radius 1 is 1.18 bits per heavy atom. The highest BCUT2D eigenvalue weighted by atomic mass is 32.2. The van der Waals surface area contributed by atoms with Crippen LogP contribution in [0.3, 0.4) is 0 Å². The third-order valence-electron chi connectivity index (χ3n) is 6.40. The predicted octanol–water partition coefficient (Wildman–Crippen LogP) is 4.85. The van der Waals surface area contributed by atoms with Gasteiger partial charge in [0.1, 0.15) is 9.84 Å². The van der Waals surface area contributed by atoms with Gasteiger partial charge in [0.15, 0.2) is 0 Å². The number of hydrogen-bond donors (Lipinski definition) is 2. The van der Waals surface area contributed by atoms with Crippen LogP contribution >= 0.6 is 0 Å². The van der Waals surface area contributed by atoms with Crippen molar-refractivity contribution in [1.82, 2.24) is 0 Å². The van der Waals surface area contributed by atoms with Gasteiger partial charge in [-0.1, -0.05) is 26.8 Å². The van der Waals surface area contributed by atoms with Gasteiger partial charge in [0.2, 0.25) is 0 Å². The summed E-state index contributed by atoms with van der Waals surface area (Å²) in [7, 11) is -2.97. The first-order valence-corrected chi connectivity index (χ1v) is 13.5. The first-order valence-electron chi connectivity index (χ1n) is 11.7. The molecule has 0 radical (unpaired) electrons. The normalized spacial score (nSPS) is 15.9. The summed E-state index contributed by atoms with van der Waals surface area (Å²) in [5.74, 6) is -0.466. The molecule has 0 bridgehead atoms. The lowest BCUT2D eigenvalue weighted by molar-refractivity contribution is -0.138. The Balaban J connectivity index is 2.04. The Bertz CT molecular complexity index is 1150. The summed E-state index contributed by atoms with van der Waals surface area (Å²) >= 11 is 0. The lowest BCUT2D eigenvalue weighted by Gasteiger charge is -2.37. The fraction of sp³-hybridized carbons (Fsp3) is 0.462. The van der Waals surface area contributed by atoms with E-state index in [1.54, 1.807) is 12.1 Å². The van der Waals surface area contributed by atoms with Crippen LogP contribution in [0.2, 0.25) is 0 Å². The van der Waals surface area contributed by atoms with Crippen LogP contribution in [0.1, 0.15) is 57.6 Å². The summed E-state index contributed by atoms with van der Waals surface area (Å²) < 4.78 is 24.0. The first kappa shape index (κ1) is 25.6. The summed E-state index contributed by atoms with van der Waals surface area (Å²) in [5, 5.41) is 22.0. The number of nitriles is 1. The maximum Gasteiger partial charge on any atom is 0.304 e. The number of nitrogens with one attached hydrogen (secondary N) is 1. The molecule has 0 saturated carbocycles. The van der Waals surface area contributed by atoms with Gasteiger partial charge in [0.05, 0.1) is 40.9 Å². The molecule has 1 fully saturated rings. The number of nitrogens with zero attached hydrogens (tertiary/aromatic N) is 2. The minimum Gasteiger partial charge on any atom is -0.481 e. The molecule has 7 nitrogen and oxygen atoms in total. The molecule has 2 aromatic carbocycles. The van der Waals surface area contributed by atoms with E-state index in [-0.39, 0.29) is 24.0 Å². The number of hydrogen-bond acceptors (Lipinski definition) is 6. The van der Waals surface area contributed by atoms with Crippen molar-refractivity contribution < 1.29 is 18.3 Å². The van der Waals surface area contributed by atoms with Crippen LogP contribution in [0.5, 0.6) is 0 Å². The number of sulfone groups is 1. The molecule has 3 rings (SSSR count). The first-order chi connectivity index (χ1) is 16.0. The Morgan fingerprint density at radius 3 is 2.38 bits per heavy atom. The van der Waals surface area contributed by atoms with Crippen LogP contribution in [0, 0.1) is 11.3 Å². The molecular formula is C26H33N3O4S. The zero-order valence-corrected chi connectivity index (χ0v) is 20.9. The van der Waals surface area contributed by atoms with E-state index in [0.29, 0.717) is 18.4 Å². The summed E-state index contributed by atoms with van der Waals surface area (Å²) in [6.07, 6.45) is 2.09. The molecule has 0 aromatic heterocycles. The number of carboxylic acid groups (broad SMARTS) is 1. The van der Waals surface area contributed by atoms with Crippen LogP contribution in [0.4, 0.5) is 17.1 Å². The molecule has 0 aliphatic carbocycles. The van der Waals surface area contributed by atoms with Crippen LogP contribution in [0.15, 0.2) is 42.5 Å². The predicted molar refractivity (Wildman–Crippen MR) is 135 cm³/mol. The fourth-order valence-corrected chi connectivity index (χ4v) is 5.97. The zero-order chi connectivity index (χ0) is 24.9. The van der Waals surface area contributed by atoms with Gasteiger partial charge in [-0.25, -0.2) is 8.42 Å². The second kappa shape index (κ2) is 10.5. The molecule has 1 saturated heterocycles. The lowest BCUT2D eigenvalue weighted by atomic mass is 9.81. The third kappa shape index (κ3) is 6.29. The summed E-state index contributed by atoms with van der Waals surface area (Å²) in [5.41, 5.74) is 3.51. The number of carbonyl (C=O) groups is 1. The highest BCUT2D eigenvalue weighted by Gasteiger charge is 2.30. The average molecular weight is 484 g/mol. The van der Waals surface area contributed by atoms with E-state index in [1.807, 2.05) is 44.2 Å². The fourth-order valence-electron chi connectivity index (χ4n) is 4.50. The number of anilines is 3. The molecule has 2 N–H and O–H groups in total. The SMILES string of the molecule is CCCN(c1ccc(C(C)(C)CC(=O)O)cc1Nc1ccc(C#N)cc1)C1CCS(=O)(=O)CC1. The van der Waals surface area contributed by atoms with E-state index in [9.17, 15) is 18.3 Å². The summed E-state index contributed by atoms with van der Waals surface area (Å²) in [6.45, 7) is 6.71. The Kier molecular flexibility index (Phi) is 7.88. The van der Waals surface area contributed by atoms with Gasteiger partial charge in [-0.3, -0.25) is 4.79 Å². The van der Waals surface area contributed by atoms with E-state index in [1.165, 1.54) is 0 Å². The van der Waals surface area contributed by atoms with Crippen molar-refractivity contribution in [2.75, 3.05) is 28.3 Å². The van der Waals surface area contributed by atoms with Gasteiger partial charge < -0.3 is 15.3 Å². The molecule has 0 spiro atoms. The maximum atomic E-state index is 12.0. The van der Waals surface area contributed by atoms with Crippen molar-refractivity contribution in [3.8, 4) is 6.07 Å². The monoisotopic (exact) mass is 483 g/mol. The lowest BCUT2D eigenvalue weighted by Crippen LogP contribution is -2.42. The van der Waals surface area contributed by atoms with Gasteiger partial charge in [-0.05, 0) is 61.2 Å². The molecule has 1 aliphatic rings. The Labute approximate surface area is 202 Å². The molecule has 1 heterocycles. The quantitative estimate of drug-likeness (QED) is 0.525. The van der Waals surface area contributed by atoms with E-state index < -0.39 is 21.2 Å². The number of benzene rings is 2. The second-order valence-electron chi connectivity index (χ2n) is 9.58. The van der Waals surface area contributed by atoms with E-state index in [0.717, 1.165) is 35.6 Å². The minimum atomic E-state index is -2.97. The molecule has 0 atom stereocenters. The van der Waals surface area contributed by atoms with Crippen LogP contribution in [0.25, 0.3) is 0 Å². The largest absolute Gasteiger partial charge is 0.481 e. The Hall–Kier alpha value is -3.05. The molecule has 1 aliphatic heterocycles. The van der Waals surface area contributed by atoms with Crippen molar-refractivity contribution in [2.24, 2.45) is 0 Å². The minimum absolute atomic E-state index is 0.00180. The number of rotatable bonds is 9. The summed E-state index contributed by atoms with van der Waals surface area (Å²) in [4.78, 5) is 13.7. The molecule has 2 aromatic rings. The molecular weight excluding hydrogens is 450 g/mol. The second-order valence-corrected chi connectivity index (χ2v) is 11.9. The van der Waals surface area contributed by atoms with Gasteiger partial charge in [0.25, 0.3) is 0 Å². The standard InChI is InChI=1S/C26H33N3O4S/c1-4-13-29(22-11-14-34(32,33)15-12-22)24-10-7-20(26(2,3)17-25(30)31)16-23(24)28-21-8-5-19(18-27)6-9-21/h5-10,16,22,28H,4,11-15,17H2,1-3H3,(H,30,31). The molecule has 0 amide bonds. The number of carboxylic acids is 1. The zero-order valence-electron chi connectivity index (χ0n) is 20.0. The van der Waals surface area contributed by atoms with Gasteiger partial charge in [-0.2, -0.15) is 5.26 Å². The topological polar surface area (TPSA) is 110 Å². The van der Waals surface area contributed by atoms with Crippen molar-refractivity contribution >= 4 is 32.9 Å². The average Bonchev–Trinajstić information content (AvgIpc) is 2.78. The number of aliphatic carboxylic acids is 1. The maximum absolute atomic E-state index is 12.0. The smallest absolute Gasteiger partial charge is 0.304 e. The van der Waals surface area contributed by atoms with Gasteiger partial charge in [0, 0.05) is 23.7 Å². The third-order valence-corrected chi connectivity index (χ3v) is 8.12. The Morgan fingerprint density at radius 2 is 1.82 bits per heavy atom. The highest BCUT2D eigenvalue weighted by Crippen LogP contribution is 2.38.